The second kappa shape index (κ2) is 8.02. The SMILES string of the molecule is CCc1nnc(SCC(=O)Nc2sc3c(c2C#N)CCCC3)n1CC. The zero-order chi connectivity index (χ0) is 17.8. The van der Waals surface area contributed by atoms with Crippen molar-refractivity contribution in [3.63, 3.8) is 0 Å². The molecule has 0 saturated carbocycles. The molecule has 2 aromatic rings. The van der Waals surface area contributed by atoms with Crippen LogP contribution in [0, 0.1) is 11.3 Å². The van der Waals surface area contributed by atoms with Crippen molar-refractivity contribution in [1.29, 1.82) is 5.26 Å². The molecule has 3 rings (SSSR count). The first-order valence-corrected chi connectivity index (χ1v) is 10.4. The van der Waals surface area contributed by atoms with Gasteiger partial charge in [-0.3, -0.25) is 4.79 Å². The predicted octanol–water partition coefficient (Wildman–Crippen LogP) is 3.40. The normalized spacial score (nSPS) is 13.3. The molecule has 25 heavy (non-hydrogen) atoms. The Labute approximate surface area is 155 Å². The number of hydrogen-bond acceptors (Lipinski definition) is 6. The highest BCUT2D eigenvalue weighted by atomic mass is 32.2. The highest BCUT2D eigenvalue weighted by Crippen LogP contribution is 2.37. The number of aryl methyl sites for hydroxylation is 2. The van der Waals surface area contributed by atoms with E-state index in [0.29, 0.717) is 10.6 Å². The van der Waals surface area contributed by atoms with Crippen molar-refractivity contribution in [2.24, 2.45) is 0 Å². The van der Waals surface area contributed by atoms with Gasteiger partial charge in [-0.15, -0.1) is 21.5 Å². The highest BCUT2D eigenvalue weighted by molar-refractivity contribution is 7.99. The molecule has 0 saturated heterocycles. The van der Waals surface area contributed by atoms with E-state index in [0.717, 1.165) is 55.2 Å². The van der Waals surface area contributed by atoms with Crippen molar-refractivity contribution < 1.29 is 4.79 Å². The average Bonchev–Trinajstić information content (AvgIpc) is 3.19. The summed E-state index contributed by atoms with van der Waals surface area (Å²) in [6.07, 6.45) is 5.06. The first-order valence-electron chi connectivity index (χ1n) is 8.57. The fraction of sp³-hybridized carbons (Fsp3) is 0.529. The molecule has 0 atom stereocenters. The lowest BCUT2D eigenvalue weighted by Crippen LogP contribution is -2.14. The number of thiophene rings is 1. The summed E-state index contributed by atoms with van der Waals surface area (Å²) in [6.45, 7) is 4.87. The number of anilines is 1. The van der Waals surface area contributed by atoms with E-state index in [9.17, 15) is 10.1 Å². The van der Waals surface area contributed by atoms with Gasteiger partial charge >= 0.3 is 0 Å². The molecule has 1 amide bonds. The molecular formula is C17H21N5OS2. The van der Waals surface area contributed by atoms with Crippen LogP contribution in [-0.2, 0) is 30.6 Å². The molecule has 1 aliphatic carbocycles. The summed E-state index contributed by atoms with van der Waals surface area (Å²) in [5, 5.41) is 22.2. The second-order valence-corrected chi connectivity index (χ2v) is 7.91. The monoisotopic (exact) mass is 375 g/mol. The van der Waals surface area contributed by atoms with E-state index < -0.39 is 0 Å². The van der Waals surface area contributed by atoms with Crippen LogP contribution in [0.3, 0.4) is 0 Å². The number of amides is 1. The predicted molar refractivity (Wildman–Crippen MR) is 100 cm³/mol. The van der Waals surface area contributed by atoms with Gasteiger partial charge in [-0.2, -0.15) is 5.26 Å². The van der Waals surface area contributed by atoms with Crippen molar-refractivity contribution >= 4 is 34.0 Å². The Bertz CT molecular complexity index is 818. The first kappa shape index (κ1) is 18.0. The van der Waals surface area contributed by atoms with E-state index in [4.69, 9.17) is 0 Å². The molecule has 2 aromatic heterocycles. The Hall–Kier alpha value is -1.85. The summed E-state index contributed by atoms with van der Waals surface area (Å²) in [4.78, 5) is 13.6. The number of nitrogens with zero attached hydrogens (tertiary/aromatic N) is 4. The van der Waals surface area contributed by atoms with Crippen molar-refractivity contribution in [2.45, 2.75) is 57.7 Å². The molecule has 8 heteroatoms. The van der Waals surface area contributed by atoms with Crippen molar-refractivity contribution in [2.75, 3.05) is 11.1 Å². The third-order valence-electron chi connectivity index (χ3n) is 4.29. The molecule has 6 nitrogen and oxygen atoms in total. The van der Waals surface area contributed by atoms with Crippen LogP contribution in [0.4, 0.5) is 5.00 Å². The van der Waals surface area contributed by atoms with Gasteiger partial charge in [-0.25, -0.2) is 0 Å². The summed E-state index contributed by atoms with van der Waals surface area (Å²) in [7, 11) is 0. The first-order chi connectivity index (χ1) is 12.2. The molecular weight excluding hydrogens is 354 g/mol. The lowest BCUT2D eigenvalue weighted by molar-refractivity contribution is -0.113. The molecule has 1 N–H and O–H groups in total. The summed E-state index contributed by atoms with van der Waals surface area (Å²) in [5.74, 6) is 1.09. The maximum absolute atomic E-state index is 12.4. The number of hydrogen-bond donors (Lipinski definition) is 1. The van der Waals surface area contributed by atoms with Crippen molar-refractivity contribution in [3.05, 3.63) is 21.8 Å². The van der Waals surface area contributed by atoms with Crippen LogP contribution in [0.5, 0.6) is 0 Å². The van der Waals surface area contributed by atoms with E-state index >= 15 is 0 Å². The smallest absolute Gasteiger partial charge is 0.235 e. The van der Waals surface area contributed by atoms with Crippen LogP contribution in [0.25, 0.3) is 0 Å². The van der Waals surface area contributed by atoms with E-state index in [1.165, 1.54) is 16.6 Å². The molecule has 132 valence electrons. The number of aromatic nitrogens is 3. The van der Waals surface area contributed by atoms with Gasteiger partial charge in [-0.05, 0) is 38.2 Å². The number of carbonyl (C=O) groups is 1. The summed E-state index contributed by atoms with van der Waals surface area (Å²) in [6, 6.07) is 2.27. The third kappa shape index (κ3) is 3.72. The van der Waals surface area contributed by atoms with Crippen LogP contribution < -0.4 is 5.32 Å². The quantitative estimate of drug-likeness (QED) is 0.782. The molecule has 2 heterocycles. The summed E-state index contributed by atoms with van der Waals surface area (Å²) in [5.41, 5.74) is 1.79. The van der Waals surface area contributed by atoms with Gasteiger partial charge in [0, 0.05) is 17.8 Å². The Balaban J connectivity index is 1.67. The van der Waals surface area contributed by atoms with Gasteiger partial charge in [0.1, 0.15) is 16.9 Å². The Morgan fingerprint density at radius 3 is 2.88 bits per heavy atom. The van der Waals surface area contributed by atoms with Gasteiger partial charge < -0.3 is 9.88 Å². The third-order valence-corrected chi connectivity index (χ3v) is 6.47. The van der Waals surface area contributed by atoms with Crippen LogP contribution in [-0.4, -0.2) is 26.4 Å². The Morgan fingerprint density at radius 1 is 1.36 bits per heavy atom. The van der Waals surface area contributed by atoms with Crippen LogP contribution in [0.15, 0.2) is 5.16 Å². The molecule has 0 fully saturated rings. The van der Waals surface area contributed by atoms with Gasteiger partial charge in [0.05, 0.1) is 11.3 Å². The van der Waals surface area contributed by atoms with Gasteiger partial charge in [0.2, 0.25) is 5.91 Å². The molecule has 0 bridgehead atoms. The summed E-state index contributed by atoms with van der Waals surface area (Å²) >= 11 is 2.94. The topological polar surface area (TPSA) is 83.6 Å². The fourth-order valence-electron chi connectivity index (χ4n) is 3.07. The number of nitriles is 1. The van der Waals surface area contributed by atoms with E-state index in [-0.39, 0.29) is 11.7 Å². The van der Waals surface area contributed by atoms with E-state index in [2.05, 4.69) is 21.6 Å². The van der Waals surface area contributed by atoms with Gasteiger partial charge in [-0.1, -0.05) is 18.7 Å². The average molecular weight is 376 g/mol. The minimum Gasteiger partial charge on any atom is -0.316 e. The number of carbonyl (C=O) groups excluding carboxylic acids is 1. The largest absolute Gasteiger partial charge is 0.316 e. The van der Waals surface area contributed by atoms with Crippen LogP contribution in [0.2, 0.25) is 0 Å². The van der Waals surface area contributed by atoms with Gasteiger partial charge in [0.15, 0.2) is 5.16 Å². The Morgan fingerprint density at radius 2 is 2.16 bits per heavy atom. The second-order valence-electron chi connectivity index (χ2n) is 5.86. The lowest BCUT2D eigenvalue weighted by atomic mass is 9.96. The molecule has 0 spiro atoms. The maximum atomic E-state index is 12.4. The van der Waals surface area contributed by atoms with Crippen molar-refractivity contribution in [3.8, 4) is 6.07 Å². The molecule has 0 aliphatic heterocycles. The number of rotatable bonds is 6. The van der Waals surface area contributed by atoms with Crippen molar-refractivity contribution in [1.82, 2.24) is 14.8 Å². The molecule has 0 radical (unpaired) electrons. The maximum Gasteiger partial charge on any atom is 0.235 e. The number of fused-ring (bicyclic) bond motifs is 1. The summed E-state index contributed by atoms with van der Waals surface area (Å²) < 4.78 is 2.03. The van der Waals surface area contributed by atoms with Gasteiger partial charge in [0.25, 0.3) is 0 Å². The minimum absolute atomic E-state index is 0.108. The highest BCUT2D eigenvalue weighted by Gasteiger charge is 2.22. The number of thioether (sulfide) groups is 1. The molecule has 0 aromatic carbocycles. The molecule has 0 unspecified atom stereocenters. The lowest BCUT2D eigenvalue weighted by Gasteiger charge is -2.09. The van der Waals surface area contributed by atoms with E-state index in [1.54, 1.807) is 11.3 Å². The van der Waals surface area contributed by atoms with Crippen LogP contribution >= 0.6 is 23.1 Å². The molecule has 1 aliphatic rings. The minimum atomic E-state index is -0.108. The van der Waals surface area contributed by atoms with E-state index in [1.807, 2.05) is 18.4 Å². The number of nitrogens with one attached hydrogen (secondary N) is 1. The zero-order valence-corrected chi connectivity index (χ0v) is 16.1. The fourth-order valence-corrected chi connectivity index (χ4v) is 5.15. The zero-order valence-electron chi connectivity index (χ0n) is 14.5. The van der Waals surface area contributed by atoms with Crippen LogP contribution in [0.1, 0.15) is 48.5 Å². The standard InChI is InChI=1S/C17H21N5OS2/c1-3-14-20-21-17(22(14)4-2)24-10-15(23)19-16-12(9-18)11-7-5-6-8-13(11)25-16/h3-8,10H2,1-2H3,(H,19,23). The Kier molecular flexibility index (Phi) is 5.76.